The number of nitrogens with one attached hydrogen (secondary N) is 3. The van der Waals surface area contributed by atoms with Crippen LogP contribution in [0, 0.1) is 47.1 Å². The van der Waals surface area contributed by atoms with Gasteiger partial charge in [0.05, 0.1) is 60.1 Å². The fourth-order valence-corrected chi connectivity index (χ4v) is 13.5. The molecular formula is C60H69F3N10O6. The molecule has 0 spiro atoms. The number of imide groups is 1. The van der Waals surface area contributed by atoms with E-state index < -0.39 is 35.7 Å². The number of methoxy groups -OCH3 is 1. The number of anilines is 3. The minimum Gasteiger partial charge on any atom is -0.461 e. The van der Waals surface area contributed by atoms with Crippen LogP contribution in [0.3, 0.4) is 0 Å². The van der Waals surface area contributed by atoms with Crippen molar-refractivity contribution in [2.45, 2.75) is 101 Å². The SMILES string of the molecule is C#Cc1c(F)ccc2cccc(-c3nc4c5c(nc(OCC67CCCN6CCC7)nc5c3F)N3CCCOCC3CC4)c12.CNc1cc(N2CCC(CC3CCN(C(=O)OC)CC3F)CC2)ccc1C(=N)C1CCC(=O)NC1=O. The highest BCUT2D eigenvalue weighted by Gasteiger charge is 2.45. The number of piperidine rings is 3. The molecule has 0 saturated carbocycles. The van der Waals surface area contributed by atoms with Crippen molar-refractivity contribution in [1.29, 1.82) is 5.41 Å². The summed E-state index contributed by atoms with van der Waals surface area (Å²) in [7, 11) is 3.12. The van der Waals surface area contributed by atoms with E-state index in [-0.39, 0.29) is 64.9 Å². The quantitative estimate of drug-likeness (QED) is 0.0687. The Bertz CT molecular complexity index is 3210. The fourth-order valence-electron chi connectivity index (χ4n) is 13.5. The smallest absolute Gasteiger partial charge is 0.409 e. The van der Waals surface area contributed by atoms with Crippen LogP contribution in [-0.4, -0.2) is 146 Å². The Kier molecular flexibility index (Phi) is 15.7. The monoisotopic (exact) mass is 1080 g/mol. The van der Waals surface area contributed by atoms with Crippen LogP contribution < -0.4 is 25.2 Å². The highest BCUT2D eigenvalue weighted by atomic mass is 19.1. The number of carbonyl (C=O) groups is 3. The Hall–Kier alpha value is -7.04. The highest BCUT2D eigenvalue weighted by Crippen LogP contribution is 2.43. The summed E-state index contributed by atoms with van der Waals surface area (Å²) in [6, 6.07) is 14.5. The molecule has 5 aromatic rings. The van der Waals surface area contributed by atoms with Crippen LogP contribution in [-0.2, 0) is 25.5 Å². The number of hydrogen-bond acceptors (Lipinski definition) is 14. The number of hydrogen-bond donors (Lipinski definition) is 3. The van der Waals surface area contributed by atoms with Crippen molar-refractivity contribution in [2.75, 3.05) is 94.9 Å². The molecule has 3 N–H and O–H groups in total. The van der Waals surface area contributed by atoms with Crippen LogP contribution in [0.5, 0.6) is 6.01 Å². The van der Waals surface area contributed by atoms with Gasteiger partial charge in [0.1, 0.15) is 35.6 Å². The van der Waals surface area contributed by atoms with Crippen molar-refractivity contribution in [1.82, 2.24) is 30.1 Å². The summed E-state index contributed by atoms with van der Waals surface area (Å²) in [5.74, 6) is 1.14. The van der Waals surface area contributed by atoms with E-state index in [0.29, 0.717) is 90.3 Å². The first-order valence-electron chi connectivity index (χ1n) is 28.1. The van der Waals surface area contributed by atoms with Gasteiger partial charge in [-0.25, -0.2) is 22.9 Å². The van der Waals surface area contributed by atoms with Crippen molar-refractivity contribution < 1.29 is 41.8 Å². The summed E-state index contributed by atoms with van der Waals surface area (Å²) in [6.45, 7) is 7.03. The van der Waals surface area contributed by atoms with Crippen LogP contribution in [0.2, 0.25) is 0 Å². The van der Waals surface area contributed by atoms with E-state index >= 15 is 4.39 Å². The lowest BCUT2D eigenvalue weighted by Crippen LogP contribution is -2.45. The standard InChI is InChI=1S/C34H33F2N5O2.C26H36FN5O4/c1-2-23-25(35)11-9-21-7-3-8-24(27(21)23)30-29(36)31-28-26(37-30)12-10-22-19-42-18-6-17-41(22)32(28)39-33(38-31)43-20-34-13-4-15-40(34)16-5-14-34;1-29-22-14-18(3-4-19(22)24(28)20-5-6-23(33)30-25(20)34)31-10-7-16(8-11-31)13-17-9-12-32(15-21(17)27)26(35)36-2/h1,3,7-9,11,22H,4-6,10,12-20H2;3-4,14,16-17,20-21,28-29H,5-13,15H2,1-2H3,(H,30,33,34). The Morgan fingerprint density at radius 2 is 1.76 bits per heavy atom. The molecule has 416 valence electrons. The van der Waals surface area contributed by atoms with Crippen LogP contribution in [0.1, 0.15) is 93.9 Å². The maximum atomic E-state index is 16.9. The summed E-state index contributed by atoms with van der Waals surface area (Å²) in [6.07, 6.45) is 15.0. The molecule has 2 aromatic heterocycles. The molecule has 4 unspecified atom stereocenters. The summed E-state index contributed by atoms with van der Waals surface area (Å²) < 4.78 is 63.6. The fraction of sp³-hybridized carbons (Fsp3) is 0.517. The average molecular weight is 1080 g/mol. The number of amides is 3. The third kappa shape index (κ3) is 10.7. The van der Waals surface area contributed by atoms with Gasteiger partial charge in [0, 0.05) is 74.1 Å². The number of alkyl halides is 1. The molecule has 0 aliphatic carbocycles. The summed E-state index contributed by atoms with van der Waals surface area (Å²) >= 11 is 0. The second kappa shape index (κ2) is 23.0. The third-order valence-electron chi connectivity index (χ3n) is 17.8. The predicted octanol–water partition coefficient (Wildman–Crippen LogP) is 8.84. The largest absolute Gasteiger partial charge is 0.461 e. The van der Waals surface area contributed by atoms with E-state index in [2.05, 4.69) is 31.3 Å². The van der Waals surface area contributed by atoms with Crippen LogP contribution in [0.25, 0.3) is 32.9 Å². The van der Waals surface area contributed by atoms with Crippen LogP contribution in [0.15, 0.2) is 48.5 Å². The van der Waals surface area contributed by atoms with E-state index in [1.54, 1.807) is 19.2 Å². The number of aromatic nitrogens is 3. The lowest BCUT2D eigenvalue weighted by Gasteiger charge is -2.38. The first kappa shape index (κ1) is 53.9. The number of aryl methyl sites for hydroxylation is 1. The Morgan fingerprint density at radius 1 is 0.949 bits per heavy atom. The molecule has 12 rings (SSSR count). The minimum absolute atomic E-state index is 0.00280. The van der Waals surface area contributed by atoms with Crippen molar-refractivity contribution in [3.8, 4) is 29.6 Å². The van der Waals surface area contributed by atoms with Gasteiger partial charge in [-0.1, -0.05) is 30.2 Å². The van der Waals surface area contributed by atoms with Crippen molar-refractivity contribution >= 4 is 62.5 Å². The number of likely N-dealkylation sites (tertiary alicyclic amines) is 1. The number of rotatable bonds is 10. The molecule has 7 aliphatic rings. The normalized spacial score (nSPS) is 23.2. The molecular weight excluding hydrogens is 1010 g/mol. The van der Waals surface area contributed by atoms with Crippen molar-refractivity contribution in [2.24, 2.45) is 17.8 Å². The molecule has 3 aromatic carbocycles. The van der Waals surface area contributed by atoms with Gasteiger partial charge in [0.2, 0.25) is 11.8 Å². The van der Waals surface area contributed by atoms with Gasteiger partial charge >= 0.3 is 12.1 Å². The van der Waals surface area contributed by atoms with Gasteiger partial charge < -0.3 is 39.6 Å². The van der Waals surface area contributed by atoms with Crippen LogP contribution >= 0.6 is 0 Å². The topological polar surface area (TPSA) is 178 Å². The summed E-state index contributed by atoms with van der Waals surface area (Å²) in [5.41, 5.74) is 4.24. The van der Waals surface area contributed by atoms with E-state index in [0.717, 1.165) is 102 Å². The molecule has 4 atom stereocenters. The Morgan fingerprint density at radius 3 is 2.51 bits per heavy atom. The van der Waals surface area contributed by atoms with Crippen LogP contribution in [0.4, 0.5) is 35.2 Å². The van der Waals surface area contributed by atoms with Gasteiger partial charge in [-0.3, -0.25) is 19.8 Å². The second-order valence-corrected chi connectivity index (χ2v) is 22.3. The second-order valence-electron chi connectivity index (χ2n) is 22.3. The molecule has 0 radical (unpaired) electrons. The van der Waals surface area contributed by atoms with Gasteiger partial charge in [-0.05, 0) is 132 Å². The van der Waals surface area contributed by atoms with E-state index in [1.807, 2.05) is 30.3 Å². The first-order valence-corrected chi connectivity index (χ1v) is 28.1. The molecule has 16 nitrogen and oxygen atoms in total. The maximum absolute atomic E-state index is 16.9. The van der Waals surface area contributed by atoms with Crippen molar-refractivity contribution in [3.05, 3.63) is 77.0 Å². The average Bonchev–Trinajstić information content (AvgIpc) is 4.16. The molecule has 0 bridgehead atoms. The van der Waals surface area contributed by atoms with E-state index in [9.17, 15) is 23.2 Å². The first-order chi connectivity index (χ1) is 38.4. The maximum Gasteiger partial charge on any atom is 0.409 e. The molecule has 79 heavy (non-hydrogen) atoms. The predicted molar refractivity (Wildman–Crippen MR) is 297 cm³/mol. The molecule has 6 fully saturated rings. The number of carbonyl (C=O) groups excluding carboxylic acids is 3. The third-order valence-corrected chi connectivity index (χ3v) is 17.8. The molecule has 3 amide bonds. The summed E-state index contributed by atoms with van der Waals surface area (Å²) in [4.78, 5) is 58.5. The van der Waals surface area contributed by atoms with Gasteiger partial charge in [-0.15, -0.1) is 6.42 Å². The summed E-state index contributed by atoms with van der Waals surface area (Å²) in [5, 5.41) is 15.9. The molecule has 7 aliphatic heterocycles. The molecule has 9 heterocycles. The van der Waals surface area contributed by atoms with Gasteiger partial charge in [0.15, 0.2) is 5.82 Å². The number of halogens is 3. The zero-order valence-corrected chi connectivity index (χ0v) is 45.1. The van der Waals surface area contributed by atoms with Gasteiger partial charge in [-0.2, -0.15) is 9.97 Å². The van der Waals surface area contributed by atoms with E-state index in [4.69, 9.17) is 41.0 Å². The number of fused-ring (bicyclic) bond motifs is 4. The molecule has 19 heteroatoms. The minimum atomic E-state index is -1.01. The number of pyridine rings is 1. The van der Waals surface area contributed by atoms with Gasteiger partial charge in [0.25, 0.3) is 0 Å². The molecule has 6 saturated heterocycles. The number of ether oxygens (including phenoxy) is 3. The zero-order chi connectivity index (χ0) is 55.0. The van der Waals surface area contributed by atoms with E-state index in [1.165, 1.54) is 18.1 Å². The lowest BCUT2D eigenvalue weighted by atomic mass is 9.82. The Labute approximate surface area is 458 Å². The Balaban J connectivity index is 0.000000170. The number of nitrogens with zero attached hydrogens (tertiary/aromatic N) is 7. The number of benzene rings is 3. The number of terminal acetylenes is 1. The highest BCUT2D eigenvalue weighted by molar-refractivity contribution is 6.17. The van der Waals surface area contributed by atoms with Crippen molar-refractivity contribution in [3.63, 3.8) is 0 Å². The lowest BCUT2D eigenvalue weighted by molar-refractivity contribution is -0.134. The zero-order valence-electron chi connectivity index (χ0n) is 45.1.